The van der Waals surface area contributed by atoms with Gasteiger partial charge in [0.15, 0.2) is 0 Å². The molecule has 0 unspecified atom stereocenters. The molecule has 0 N–H and O–H groups in total. The van der Waals surface area contributed by atoms with Crippen LogP contribution in [0.4, 0.5) is 0 Å². The molecule has 154 valence electrons. The lowest BCUT2D eigenvalue weighted by molar-refractivity contribution is -0.132. The molecule has 1 aliphatic rings. The van der Waals surface area contributed by atoms with Crippen molar-refractivity contribution in [3.8, 4) is 0 Å². The summed E-state index contributed by atoms with van der Waals surface area (Å²) in [4.78, 5) is 25.6. The van der Waals surface area contributed by atoms with Crippen LogP contribution in [0.3, 0.4) is 0 Å². The molecule has 0 saturated carbocycles. The van der Waals surface area contributed by atoms with Gasteiger partial charge in [0.25, 0.3) is 5.78 Å². The van der Waals surface area contributed by atoms with Gasteiger partial charge in [-0.3, -0.25) is 9.69 Å². The Kier molecular flexibility index (Phi) is 6.25. The summed E-state index contributed by atoms with van der Waals surface area (Å²) in [7, 11) is -2.97. The van der Waals surface area contributed by atoms with Gasteiger partial charge in [-0.05, 0) is 20.1 Å². The highest BCUT2D eigenvalue weighted by atomic mass is 32.2. The Morgan fingerprint density at radius 1 is 1.14 bits per heavy atom. The van der Waals surface area contributed by atoms with E-state index in [1.54, 1.807) is 4.52 Å². The van der Waals surface area contributed by atoms with E-state index in [4.69, 9.17) is 0 Å². The summed E-state index contributed by atoms with van der Waals surface area (Å²) in [5.74, 6) is 0.761. The summed E-state index contributed by atoms with van der Waals surface area (Å²) in [6, 6.07) is 0. The molecule has 0 atom stereocenters. The van der Waals surface area contributed by atoms with Gasteiger partial charge in [0.2, 0.25) is 11.1 Å². The fraction of sp³-hybridized carbons (Fsp3) is 0.647. The zero-order chi connectivity index (χ0) is 20.5. The Balaban J connectivity index is 1.65. The van der Waals surface area contributed by atoms with Gasteiger partial charge in [-0.15, -0.1) is 5.10 Å². The second-order valence-electron chi connectivity index (χ2n) is 7.10. The van der Waals surface area contributed by atoms with Gasteiger partial charge in [0.05, 0.1) is 12.2 Å². The molecule has 11 heteroatoms. The normalized spacial score (nSPS) is 16.1. The van der Waals surface area contributed by atoms with Crippen LogP contribution in [0.1, 0.15) is 17.0 Å². The minimum Gasteiger partial charge on any atom is -0.340 e. The van der Waals surface area contributed by atoms with Crippen LogP contribution in [0.15, 0.2) is 5.16 Å². The van der Waals surface area contributed by atoms with Crippen molar-refractivity contribution >= 4 is 33.3 Å². The number of hydrogen-bond acceptors (Lipinski definition) is 8. The smallest absolute Gasteiger partial charge is 0.253 e. The highest BCUT2D eigenvalue weighted by molar-refractivity contribution is 7.98. The molecular formula is C17H26N6O3S2. The Morgan fingerprint density at radius 3 is 2.43 bits per heavy atom. The maximum absolute atomic E-state index is 12.8. The monoisotopic (exact) mass is 426 g/mol. The van der Waals surface area contributed by atoms with Gasteiger partial charge in [-0.25, -0.2) is 17.9 Å². The molecule has 9 nitrogen and oxygen atoms in total. The number of nitrogens with zero attached hydrogens (tertiary/aromatic N) is 6. The van der Waals surface area contributed by atoms with E-state index in [2.05, 4.69) is 20.0 Å². The number of carbonyl (C=O) groups is 1. The number of aryl methyl sites for hydroxylation is 2. The van der Waals surface area contributed by atoms with E-state index in [1.165, 1.54) is 18.0 Å². The van der Waals surface area contributed by atoms with E-state index in [-0.39, 0.29) is 18.1 Å². The van der Waals surface area contributed by atoms with Crippen LogP contribution in [0.2, 0.25) is 0 Å². The van der Waals surface area contributed by atoms with Crippen LogP contribution >= 0.6 is 11.8 Å². The fourth-order valence-corrected chi connectivity index (χ4v) is 4.24. The molecular weight excluding hydrogens is 400 g/mol. The molecule has 0 spiro atoms. The molecule has 3 rings (SSSR count). The maximum Gasteiger partial charge on any atom is 0.253 e. The Morgan fingerprint density at radius 2 is 1.82 bits per heavy atom. The topological polar surface area (TPSA) is 101 Å². The fourth-order valence-electron chi connectivity index (χ4n) is 3.31. The molecule has 0 radical (unpaired) electrons. The van der Waals surface area contributed by atoms with Crippen LogP contribution in [0.5, 0.6) is 0 Å². The lowest BCUT2D eigenvalue weighted by Gasteiger charge is -2.34. The Labute approximate surface area is 169 Å². The molecule has 28 heavy (non-hydrogen) atoms. The molecule has 1 amide bonds. The molecule has 1 aliphatic heterocycles. The minimum atomic E-state index is -2.97. The van der Waals surface area contributed by atoms with Crippen molar-refractivity contribution in [2.75, 3.05) is 51.0 Å². The number of rotatable bonds is 6. The maximum atomic E-state index is 12.8. The van der Waals surface area contributed by atoms with Gasteiger partial charge in [0.1, 0.15) is 9.84 Å². The summed E-state index contributed by atoms with van der Waals surface area (Å²) >= 11 is 1.46. The molecule has 1 saturated heterocycles. The van der Waals surface area contributed by atoms with E-state index in [1.807, 2.05) is 25.0 Å². The predicted octanol–water partition coefficient (Wildman–Crippen LogP) is 0.194. The number of carbonyl (C=O) groups excluding carboxylic acids is 1. The standard InChI is InChI=1S/C17H26N6O3S2/c1-12-14(13(2)23-16(18-12)19-17(20-23)27-3)11-15(24)22-7-5-21(6-8-22)9-10-28(4,25)26/h5-11H2,1-4H3. The molecule has 0 aromatic carbocycles. The third-order valence-corrected chi connectivity index (χ3v) is 6.51. The van der Waals surface area contributed by atoms with Gasteiger partial charge in [-0.1, -0.05) is 11.8 Å². The van der Waals surface area contributed by atoms with Crippen LogP contribution in [-0.2, 0) is 21.1 Å². The summed E-state index contributed by atoms with van der Waals surface area (Å²) in [5, 5.41) is 5.08. The number of piperazine rings is 1. The third-order valence-electron chi connectivity index (χ3n) is 5.04. The van der Waals surface area contributed by atoms with Crippen molar-refractivity contribution in [3.63, 3.8) is 0 Å². The number of aromatic nitrogens is 4. The zero-order valence-electron chi connectivity index (χ0n) is 16.7. The first-order valence-electron chi connectivity index (χ1n) is 9.12. The van der Waals surface area contributed by atoms with Gasteiger partial charge < -0.3 is 4.90 Å². The van der Waals surface area contributed by atoms with Crippen LogP contribution < -0.4 is 0 Å². The van der Waals surface area contributed by atoms with Crippen molar-refractivity contribution in [2.24, 2.45) is 0 Å². The van der Waals surface area contributed by atoms with Crippen LogP contribution in [-0.4, -0.2) is 94.7 Å². The second kappa shape index (κ2) is 8.34. The first kappa shape index (κ1) is 21.0. The lowest BCUT2D eigenvalue weighted by atomic mass is 10.1. The second-order valence-corrected chi connectivity index (χ2v) is 10.1. The molecule has 2 aromatic heterocycles. The number of fused-ring (bicyclic) bond motifs is 1. The number of hydrogen-bond donors (Lipinski definition) is 0. The van der Waals surface area contributed by atoms with E-state index >= 15 is 0 Å². The van der Waals surface area contributed by atoms with Gasteiger partial charge in [-0.2, -0.15) is 4.98 Å². The molecule has 3 heterocycles. The molecule has 1 fully saturated rings. The lowest BCUT2D eigenvalue weighted by Crippen LogP contribution is -2.50. The highest BCUT2D eigenvalue weighted by Gasteiger charge is 2.24. The van der Waals surface area contributed by atoms with E-state index in [0.717, 1.165) is 17.0 Å². The summed E-state index contributed by atoms with van der Waals surface area (Å²) in [6.45, 7) is 6.95. The zero-order valence-corrected chi connectivity index (χ0v) is 18.3. The first-order valence-corrected chi connectivity index (χ1v) is 12.4. The molecule has 2 aromatic rings. The number of amides is 1. The Hall–Kier alpha value is -1.72. The van der Waals surface area contributed by atoms with Gasteiger partial charge >= 0.3 is 0 Å². The summed E-state index contributed by atoms with van der Waals surface area (Å²) in [5.41, 5.74) is 2.56. The minimum absolute atomic E-state index is 0.0559. The average molecular weight is 427 g/mol. The van der Waals surface area contributed by atoms with Gasteiger partial charge in [0, 0.05) is 55.9 Å². The summed E-state index contributed by atoms with van der Waals surface area (Å²) in [6.07, 6.45) is 3.44. The van der Waals surface area contributed by atoms with E-state index in [9.17, 15) is 13.2 Å². The highest BCUT2D eigenvalue weighted by Crippen LogP contribution is 2.18. The first-order chi connectivity index (χ1) is 13.2. The third kappa shape index (κ3) is 4.81. The van der Waals surface area contributed by atoms with Crippen LogP contribution in [0.25, 0.3) is 5.78 Å². The van der Waals surface area contributed by atoms with E-state index in [0.29, 0.717) is 43.7 Å². The largest absolute Gasteiger partial charge is 0.340 e. The van der Waals surface area contributed by atoms with Crippen LogP contribution in [0, 0.1) is 13.8 Å². The molecule has 0 aliphatic carbocycles. The van der Waals surface area contributed by atoms with Crippen molar-refractivity contribution in [3.05, 3.63) is 17.0 Å². The Bertz CT molecular complexity index is 980. The number of thioether (sulfide) groups is 1. The number of sulfone groups is 1. The SMILES string of the molecule is CSc1nc2nc(C)c(CC(=O)N3CCN(CCS(C)(=O)=O)CC3)c(C)n2n1. The predicted molar refractivity (Wildman–Crippen MR) is 108 cm³/mol. The van der Waals surface area contributed by atoms with E-state index < -0.39 is 9.84 Å². The van der Waals surface area contributed by atoms with Crippen molar-refractivity contribution in [1.82, 2.24) is 29.4 Å². The average Bonchev–Trinajstić information content (AvgIpc) is 3.06. The van der Waals surface area contributed by atoms with Crippen molar-refractivity contribution < 1.29 is 13.2 Å². The van der Waals surface area contributed by atoms with Crippen molar-refractivity contribution in [2.45, 2.75) is 25.4 Å². The van der Waals surface area contributed by atoms with Crippen molar-refractivity contribution in [1.29, 1.82) is 0 Å². The molecule has 0 bridgehead atoms. The quantitative estimate of drug-likeness (QED) is 0.604. The summed E-state index contributed by atoms with van der Waals surface area (Å²) < 4.78 is 24.3.